The van der Waals surface area contributed by atoms with Gasteiger partial charge >= 0.3 is 0 Å². The Balaban J connectivity index is 2.38. The summed E-state index contributed by atoms with van der Waals surface area (Å²) in [5.41, 5.74) is 1.24. The van der Waals surface area contributed by atoms with Gasteiger partial charge < -0.3 is 0 Å². The lowest BCUT2D eigenvalue weighted by Crippen LogP contribution is -1.99. The maximum Gasteiger partial charge on any atom is 0.209 e. The second-order valence-electron chi connectivity index (χ2n) is 2.92. The van der Waals surface area contributed by atoms with Crippen molar-refractivity contribution < 1.29 is 4.79 Å². The van der Waals surface area contributed by atoms with Gasteiger partial charge in [0.25, 0.3) is 0 Å². The lowest BCUT2D eigenvalue weighted by molar-refractivity contribution is 0.104. The summed E-state index contributed by atoms with van der Waals surface area (Å²) in [6.07, 6.45) is 3.23. The summed E-state index contributed by atoms with van der Waals surface area (Å²) in [6, 6.07) is 0. The third kappa shape index (κ3) is 1.44. The van der Waals surface area contributed by atoms with Gasteiger partial charge in [-0.1, -0.05) is 4.49 Å². The molecule has 0 aromatic carbocycles. The predicted octanol–water partition coefficient (Wildman–Crippen LogP) is 0.811. The van der Waals surface area contributed by atoms with E-state index in [-0.39, 0.29) is 5.78 Å². The Morgan fingerprint density at radius 1 is 1.57 bits per heavy atom. The molecule has 0 N–H and O–H groups in total. The third-order valence-electron chi connectivity index (χ3n) is 1.82. The zero-order chi connectivity index (χ0) is 10.1. The minimum Gasteiger partial charge on any atom is -0.287 e. The molecule has 0 saturated carbocycles. The minimum absolute atomic E-state index is 0.0643. The van der Waals surface area contributed by atoms with Crippen LogP contribution in [0.2, 0.25) is 0 Å². The number of carbonyl (C=O) groups excluding carboxylic acids is 1. The minimum atomic E-state index is -0.0643. The van der Waals surface area contributed by atoms with E-state index in [2.05, 4.69) is 14.7 Å². The van der Waals surface area contributed by atoms with Crippen LogP contribution in [0.4, 0.5) is 0 Å². The first-order valence-electron chi connectivity index (χ1n) is 4.01. The van der Waals surface area contributed by atoms with E-state index in [0.29, 0.717) is 16.1 Å². The molecule has 0 aliphatic carbocycles. The molecule has 5 nitrogen and oxygen atoms in total. The van der Waals surface area contributed by atoms with Crippen molar-refractivity contribution in [2.24, 2.45) is 7.05 Å². The summed E-state index contributed by atoms with van der Waals surface area (Å²) in [4.78, 5) is 12.4. The molecule has 6 heteroatoms. The van der Waals surface area contributed by atoms with E-state index in [0.717, 1.165) is 11.5 Å². The van der Waals surface area contributed by atoms with Crippen LogP contribution in [-0.2, 0) is 7.05 Å². The Bertz CT molecular complexity index is 473. The lowest BCUT2D eigenvalue weighted by Gasteiger charge is -1.91. The van der Waals surface area contributed by atoms with Crippen LogP contribution in [-0.4, -0.2) is 25.2 Å². The van der Waals surface area contributed by atoms with E-state index in [9.17, 15) is 4.79 Å². The molecule has 2 heterocycles. The molecule has 72 valence electrons. The van der Waals surface area contributed by atoms with Gasteiger partial charge in [-0.15, -0.1) is 5.10 Å². The van der Waals surface area contributed by atoms with Crippen molar-refractivity contribution in [1.29, 1.82) is 0 Å². The van der Waals surface area contributed by atoms with Crippen molar-refractivity contribution in [2.75, 3.05) is 0 Å². The van der Waals surface area contributed by atoms with E-state index in [1.54, 1.807) is 31.0 Å². The number of hydrogen-bond donors (Lipinski definition) is 0. The third-order valence-corrected chi connectivity index (χ3v) is 2.65. The Morgan fingerprint density at radius 3 is 2.86 bits per heavy atom. The fraction of sp³-hybridized carbons (Fsp3) is 0.250. The highest BCUT2D eigenvalue weighted by Crippen LogP contribution is 2.14. The largest absolute Gasteiger partial charge is 0.287 e. The number of aromatic nitrogens is 4. The van der Waals surface area contributed by atoms with Gasteiger partial charge in [-0.25, -0.2) is 0 Å². The lowest BCUT2D eigenvalue weighted by atomic mass is 10.2. The predicted molar refractivity (Wildman–Crippen MR) is 51.3 cm³/mol. The van der Waals surface area contributed by atoms with Gasteiger partial charge in [0.05, 0.1) is 17.5 Å². The molecule has 14 heavy (non-hydrogen) atoms. The van der Waals surface area contributed by atoms with Crippen LogP contribution in [0.1, 0.15) is 20.9 Å². The summed E-state index contributed by atoms with van der Waals surface area (Å²) in [7, 11) is 1.77. The fourth-order valence-electron chi connectivity index (χ4n) is 1.11. The average Bonchev–Trinajstić information content (AvgIpc) is 2.73. The van der Waals surface area contributed by atoms with Crippen molar-refractivity contribution in [3.05, 3.63) is 28.5 Å². The van der Waals surface area contributed by atoms with E-state index in [1.165, 1.54) is 0 Å². The van der Waals surface area contributed by atoms with Gasteiger partial charge in [-0.2, -0.15) is 5.10 Å². The topological polar surface area (TPSA) is 60.7 Å². The number of ketones is 1. The first kappa shape index (κ1) is 9.01. The van der Waals surface area contributed by atoms with Crippen molar-refractivity contribution in [1.82, 2.24) is 19.4 Å². The maximum absolute atomic E-state index is 11.8. The molecule has 0 unspecified atom stereocenters. The number of nitrogens with zero attached hydrogens (tertiary/aromatic N) is 4. The van der Waals surface area contributed by atoms with Gasteiger partial charge in [0.15, 0.2) is 0 Å². The Labute approximate surface area is 84.5 Å². The van der Waals surface area contributed by atoms with Gasteiger partial charge in [0.1, 0.15) is 4.88 Å². The summed E-state index contributed by atoms with van der Waals surface area (Å²) in [5, 5.41) is 7.73. The number of aryl methyl sites for hydroxylation is 2. The van der Waals surface area contributed by atoms with E-state index in [1.807, 2.05) is 0 Å². The van der Waals surface area contributed by atoms with Crippen molar-refractivity contribution in [3.63, 3.8) is 0 Å². The van der Waals surface area contributed by atoms with Crippen molar-refractivity contribution in [3.8, 4) is 0 Å². The Kier molecular flexibility index (Phi) is 2.12. The fourth-order valence-corrected chi connectivity index (χ4v) is 1.73. The zero-order valence-corrected chi connectivity index (χ0v) is 8.58. The summed E-state index contributed by atoms with van der Waals surface area (Å²) >= 11 is 1.11. The van der Waals surface area contributed by atoms with Gasteiger partial charge in [-0.3, -0.25) is 9.48 Å². The normalized spacial score (nSPS) is 10.4. The van der Waals surface area contributed by atoms with Crippen LogP contribution in [0.3, 0.4) is 0 Å². The molecule has 0 spiro atoms. The van der Waals surface area contributed by atoms with Crippen LogP contribution < -0.4 is 0 Å². The monoisotopic (exact) mass is 208 g/mol. The molecule has 0 amide bonds. The number of rotatable bonds is 2. The van der Waals surface area contributed by atoms with Crippen LogP contribution in [0.5, 0.6) is 0 Å². The molecule has 0 radical (unpaired) electrons. The zero-order valence-electron chi connectivity index (χ0n) is 7.76. The molecule has 2 aromatic heterocycles. The van der Waals surface area contributed by atoms with Crippen LogP contribution >= 0.6 is 11.5 Å². The van der Waals surface area contributed by atoms with Crippen molar-refractivity contribution in [2.45, 2.75) is 6.92 Å². The molecule has 0 fully saturated rings. The molecule has 0 aliphatic rings. The van der Waals surface area contributed by atoms with Crippen molar-refractivity contribution >= 4 is 17.3 Å². The smallest absolute Gasteiger partial charge is 0.209 e. The van der Waals surface area contributed by atoms with Crippen LogP contribution in [0.25, 0.3) is 0 Å². The molecule has 2 aromatic rings. The molecule has 0 aliphatic heterocycles. The van der Waals surface area contributed by atoms with E-state index >= 15 is 0 Å². The Hall–Kier alpha value is -1.56. The molecule has 2 rings (SSSR count). The highest BCUT2D eigenvalue weighted by molar-refractivity contribution is 7.08. The Morgan fingerprint density at radius 2 is 2.36 bits per heavy atom. The summed E-state index contributed by atoms with van der Waals surface area (Å²) < 4.78 is 5.31. The quantitative estimate of drug-likeness (QED) is 0.685. The second-order valence-corrected chi connectivity index (χ2v) is 3.67. The van der Waals surface area contributed by atoms with Crippen LogP contribution in [0.15, 0.2) is 12.4 Å². The molecular weight excluding hydrogens is 200 g/mol. The van der Waals surface area contributed by atoms with E-state index < -0.39 is 0 Å². The number of carbonyl (C=O) groups is 1. The highest BCUT2D eigenvalue weighted by Gasteiger charge is 2.16. The molecular formula is C8H8N4OS. The van der Waals surface area contributed by atoms with Crippen LogP contribution in [0, 0.1) is 6.92 Å². The highest BCUT2D eigenvalue weighted by atomic mass is 32.1. The standard InChI is InChI=1S/C8H8N4OS/c1-5-8(14-11-10-5)7(13)6-3-9-12(2)4-6/h3-4H,1-2H3. The first-order chi connectivity index (χ1) is 6.68. The summed E-state index contributed by atoms with van der Waals surface area (Å²) in [6.45, 7) is 1.77. The second kappa shape index (κ2) is 3.30. The number of hydrogen-bond acceptors (Lipinski definition) is 5. The summed E-state index contributed by atoms with van der Waals surface area (Å²) in [5.74, 6) is -0.0643. The van der Waals surface area contributed by atoms with Gasteiger partial charge in [-0.05, 0) is 18.5 Å². The van der Waals surface area contributed by atoms with Gasteiger partial charge in [0.2, 0.25) is 5.78 Å². The molecule has 0 bridgehead atoms. The molecule has 0 saturated heterocycles. The van der Waals surface area contributed by atoms with E-state index in [4.69, 9.17) is 0 Å². The first-order valence-corrected chi connectivity index (χ1v) is 4.78. The maximum atomic E-state index is 11.8. The van der Waals surface area contributed by atoms with Gasteiger partial charge in [0, 0.05) is 13.2 Å². The molecule has 0 atom stereocenters. The average molecular weight is 208 g/mol. The SMILES string of the molecule is Cc1nnsc1C(=O)c1cnn(C)c1.